The molecule has 0 heterocycles. The van der Waals surface area contributed by atoms with E-state index >= 15 is 0 Å². The van der Waals surface area contributed by atoms with Crippen molar-refractivity contribution < 1.29 is 0 Å². The van der Waals surface area contributed by atoms with Crippen LogP contribution in [-0.2, 0) is 6.42 Å². The highest BCUT2D eigenvalue weighted by Gasteiger charge is 2.10. The monoisotopic (exact) mass is 294 g/mol. The largest absolute Gasteiger partial charge is 0.310 e. The second-order valence-corrected chi connectivity index (χ2v) is 6.63. The van der Waals surface area contributed by atoms with Crippen LogP contribution in [0.4, 0.5) is 0 Å². The van der Waals surface area contributed by atoms with Crippen LogP contribution in [0.15, 0.2) is 24.3 Å². The molecule has 20 heavy (non-hydrogen) atoms. The quantitative estimate of drug-likeness (QED) is 0.664. The number of benzene rings is 1. The third-order valence-corrected chi connectivity index (χ3v) is 4.38. The predicted octanol–water partition coefficient (Wildman–Crippen LogP) is 3.58. The summed E-state index contributed by atoms with van der Waals surface area (Å²) in [6.45, 7) is 6.59. The number of aryl methyl sites for hydroxylation is 1. The molecule has 0 amide bonds. The van der Waals surface area contributed by atoms with Crippen molar-refractivity contribution in [2.45, 2.75) is 32.7 Å². The van der Waals surface area contributed by atoms with Crippen LogP contribution in [0.2, 0.25) is 0 Å². The molecule has 0 saturated carbocycles. The lowest BCUT2D eigenvalue weighted by Crippen LogP contribution is -2.24. The summed E-state index contributed by atoms with van der Waals surface area (Å²) in [5.74, 6) is 2.34. The van der Waals surface area contributed by atoms with Gasteiger partial charge in [0, 0.05) is 24.1 Å². The van der Waals surface area contributed by atoms with Gasteiger partial charge in [0.2, 0.25) is 0 Å². The van der Waals surface area contributed by atoms with Crippen molar-refractivity contribution in [2.75, 3.05) is 38.7 Å². The van der Waals surface area contributed by atoms with Gasteiger partial charge in [0.05, 0.1) is 0 Å². The second-order valence-electron chi connectivity index (χ2n) is 5.48. The number of hydrogen-bond acceptors (Lipinski definition) is 3. The Morgan fingerprint density at radius 2 is 1.85 bits per heavy atom. The van der Waals surface area contributed by atoms with E-state index in [1.54, 1.807) is 0 Å². The Hall–Kier alpha value is -0.510. The van der Waals surface area contributed by atoms with Crippen molar-refractivity contribution in [3.05, 3.63) is 35.4 Å². The van der Waals surface area contributed by atoms with Crippen molar-refractivity contribution in [1.82, 2.24) is 10.2 Å². The normalized spacial score (nSPS) is 12.8. The highest BCUT2D eigenvalue weighted by atomic mass is 32.2. The third-order valence-electron chi connectivity index (χ3n) is 3.34. The molecule has 0 spiro atoms. The first-order valence-electron chi connectivity index (χ1n) is 7.72. The molecule has 1 unspecified atom stereocenters. The Balaban J connectivity index is 2.51. The molecule has 1 aromatic rings. The number of rotatable bonds is 10. The minimum absolute atomic E-state index is 0.475. The number of nitrogens with zero attached hydrogens (tertiary/aromatic N) is 1. The predicted molar refractivity (Wildman–Crippen MR) is 92.7 cm³/mol. The zero-order chi connectivity index (χ0) is 14.8. The summed E-state index contributed by atoms with van der Waals surface area (Å²) in [5, 5.41) is 3.60. The first kappa shape index (κ1) is 17.5. The van der Waals surface area contributed by atoms with Crippen molar-refractivity contribution >= 4 is 11.8 Å². The summed E-state index contributed by atoms with van der Waals surface area (Å²) >= 11 is 2.03. The smallest absolute Gasteiger partial charge is 0.0411 e. The molecule has 0 aliphatic heterocycles. The maximum atomic E-state index is 3.60. The van der Waals surface area contributed by atoms with Crippen LogP contribution in [0.3, 0.4) is 0 Å². The average Bonchev–Trinajstić information content (AvgIpc) is 2.43. The average molecular weight is 295 g/mol. The van der Waals surface area contributed by atoms with Crippen LogP contribution in [0.5, 0.6) is 0 Å². The van der Waals surface area contributed by atoms with Crippen molar-refractivity contribution in [3.8, 4) is 0 Å². The maximum absolute atomic E-state index is 3.60. The number of thioether (sulfide) groups is 1. The van der Waals surface area contributed by atoms with Gasteiger partial charge >= 0.3 is 0 Å². The minimum Gasteiger partial charge on any atom is -0.310 e. The molecule has 0 aliphatic carbocycles. The molecule has 0 bridgehead atoms. The van der Waals surface area contributed by atoms with E-state index in [9.17, 15) is 0 Å². The Morgan fingerprint density at radius 3 is 2.40 bits per heavy atom. The molecule has 2 nitrogen and oxygen atoms in total. The van der Waals surface area contributed by atoms with Crippen molar-refractivity contribution in [3.63, 3.8) is 0 Å². The topological polar surface area (TPSA) is 15.3 Å². The third kappa shape index (κ3) is 6.78. The lowest BCUT2D eigenvalue weighted by Gasteiger charge is -2.19. The zero-order valence-corrected chi connectivity index (χ0v) is 14.3. The molecule has 3 heteroatoms. The van der Waals surface area contributed by atoms with Crippen molar-refractivity contribution in [1.29, 1.82) is 0 Å². The first-order valence-corrected chi connectivity index (χ1v) is 8.87. The van der Waals surface area contributed by atoms with Crippen LogP contribution >= 0.6 is 11.8 Å². The molecule has 1 aromatic carbocycles. The van der Waals surface area contributed by atoms with Gasteiger partial charge in [-0.15, -0.1) is 0 Å². The van der Waals surface area contributed by atoms with Gasteiger partial charge in [-0.2, -0.15) is 11.8 Å². The summed E-state index contributed by atoms with van der Waals surface area (Å²) < 4.78 is 0. The molecule has 1 rings (SSSR count). The van der Waals surface area contributed by atoms with Crippen molar-refractivity contribution in [2.24, 2.45) is 0 Å². The van der Waals surface area contributed by atoms with Gasteiger partial charge < -0.3 is 10.2 Å². The highest BCUT2D eigenvalue weighted by Crippen LogP contribution is 2.19. The van der Waals surface area contributed by atoms with E-state index < -0.39 is 0 Å². The van der Waals surface area contributed by atoms with Gasteiger partial charge in [0.25, 0.3) is 0 Å². The van der Waals surface area contributed by atoms with Crippen LogP contribution in [0.1, 0.15) is 37.4 Å². The van der Waals surface area contributed by atoms with Crippen LogP contribution in [-0.4, -0.2) is 43.6 Å². The molecule has 0 aliphatic rings. The SMILES string of the molecule is CCCc1ccc(C(CSCCN(C)C)NCC)cc1. The number of nitrogens with one attached hydrogen (secondary N) is 1. The summed E-state index contributed by atoms with van der Waals surface area (Å²) in [6.07, 6.45) is 2.40. The molecule has 0 saturated heterocycles. The van der Waals surface area contributed by atoms with Gasteiger partial charge in [-0.25, -0.2) is 0 Å². The maximum Gasteiger partial charge on any atom is 0.0411 e. The Bertz CT molecular complexity index is 349. The van der Waals surface area contributed by atoms with E-state index in [1.807, 2.05) is 11.8 Å². The lowest BCUT2D eigenvalue weighted by atomic mass is 10.0. The highest BCUT2D eigenvalue weighted by molar-refractivity contribution is 7.99. The summed E-state index contributed by atoms with van der Waals surface area (Å²) in [4.78, 5) is 2.24. The molecular weight excluding hydrogens is 264 g/mol. The summed E-state index contributed by atoms with van der Waals surface area (Å²) in [7, 11) is 4.27. The molecule has 114 valence electrons. The van der Waals surface area contributed by atoms with E-state index in [0.29, 0.717) is 6.04 Å². The molecule has 1 N–H and O–H groups in total. The number of hydrogen-bond donors (Lipinski definition) is 1. The molecule has 0 fully saturated rings. The Labute approximate surface area is 129 Å². The second kappa shape index (κ2) is 10.3. The van der Waals surface area contributed by atoms with E-state index in [4.69, 9.17) is 0 Å². The van der Waals surface area contributed by atoms with Crippen LogP contribution in [0, 0.1) is 0 Å². The van der Waals surface area contributed by atoms with E-state index in [0.717, 1.165) is 18.8 Å². The fourth-order valence-corrected chi connectivity index (χ4v) is 3.38. The fraction of sp³-hybridized carbons (Fsp3) is 0.647. The van der Waals surface area contributed by atoms with Gasteiger partial charge in [0.15, 0.2) is 0 Å². The minimum atomic E-state index is 0.475. The summed E-state index contributed by atoms with van der Waals surface area (Å²) in [6, 6.07) is 9.64. The Morgan fingerprint density at radius 1 is 1.15 bits per heavy atom. The van der Waals surface area contributed by atoms with Gasteiger partial charge in [0.1, 0.15) is 0 Å². The van der Waals surface area contributed by atoms with E-state index in [2.05, 4.69) is 62.4 Å². The molecule has 0 radical (unpaired) electrons. The first-order chi connectivity index (χ1) is 9.67. The van der Waals surface area contributed by atoms with E-state index in [-0.39, 0.29) is 0 Å². The molecular formula is C17H30N2S. The molecule has 1 atom stereocenters. The standard InChI is InChI=1S/C17H30N2S/c1-5-7-15-8-10-16(11-9-15)17(18-6-2)14-20-13-12-19(3)4/h8-11,17-18H,5-7,12-14H2,1-4H3. The Kier molecular flexibility index (Phi) is 8.99. The molecule has 0 aromatic heterocycles. The zero-order valence-electron chi connectivity index (χ0n) is 13.5. The van der Waals surface area contributed by atoms with Gasteiger partial charge in [-0.05, 0) is 38.2 Å². The van der Waals surface area contributed by atoms with Gasteiger partial charge in [-0.1, -0.05) is 44.5 Å². The summed E-state index contributed by atoms with van der Waals surface area (Å²) in [5.41, 5.74) is 2.87. The van der Waals surface area contributed by atoms with E-state index in [1.165, 1.54) is 29.7 Å². The van der Waals surface area contributed by atoms with Crippen LogP contribution in [0.25, 0.3) is 0 Å². The lowest BCUT2D eigenvalue weighted by molar-refractivity contribution is 0.437. The van der Waals surface area contributed by atoms with Gasteiger partial charge in [-0.3, -0.25) is 0 Å². The van der Waals surface area contributed by atoms with Crippen LogP contribution < -0.4 is 5.32 Å². The fourth-order valence-electron chi connectivity index (χ4n) is 2.17.